The van der Waals surface area contributed by atoms with Crippen molar-refractivity contribution in [1.82, 2.24) is 0 Å². The van der Waals surface area contributed by atoms with Crippen LogP contribution in [0.25, 0.3) is 0 Å². The molecule has 0 aromatic heterocycles. The first-order chi connectivity index (χ1) is 13.8. The summed E-state index contributed by atoms with van der Waals surface area (Å²) in [6.45, 7) is 0. The van der Waals surface area contributed by atoms with Crippen LogP contribution >= 0.6 is 7.92 Å². The quantitative estimate of drug-likeness (QED) is 0.326. The summed E-state index contributed by atoms with van der Waals surface area (Å²) >= 11 is 0. The van der Waals surface area contributed by atoms with Crippen molar-refractivity contribution in [3.63, 3.8) is 0 Å². The lowest BCUT2D eigenvalue weighted by molar-refractivity contribution is 0.628. The summed E-state index contributed by atoms with van der Waals surface area (Å²) in [6, 6.07) is 35.8. The lowest BCUT2D eigenvalue weighted by Gasteiger charge is -2.21. The van der Waals surface area contributed by atoms with E-state index in [0.717, 1.165) is 11.3 Å². The van der Waals surface area contributed by atoms with Crippen molar-refractivity contribution in [2.75, 3.05) is 0 Å². The standard InChI is InChI=1S/C25H19FNP/c26-21-15-17-22(18-16-21)27-19-20-9-7-8-14-25(20)28(23-10-3-1-4-11-23)24-12-5-2-6-13-24/h1-19H. The molecule has 28 heavy (non-hydrogen) atoms. The fourth-order valence-corrected chi connectivity index (χ4v) is 5.47. The zero-order valence-corrected chi connectivity index (χ0v) is 16.1. The van der Waals surface area contributed by atoms with Crippen molar-refractivity contribution >= 4 is 35.7 Å². The first kappa shape index (κ1) is 18.3. The molecule has 0 aliphatic rings. The van der Waals surface area contributed by atoms with Gasteiger partial charge in [0.05, 0.1) is 5.69 Å². The maximum Gasteiger partial charge on any atom is 0.123 e. The predicted octanol–water partition coefficient (Wildman–Crippen LogP) is 5.33. The van der Waals surface area contributed by atoms with Gasteiger partial charge in [0, 0.05) is 11.8 Å². The molecule has 0 saturated heterocycles. The summed E-state index contributed by atoms with van der Waals surface area (Å²) in [5.74, 6) is -0.254. The Morgan fingerprint density at radius 2 is 1.14 bits per heavy atom. The average molecular weight is 383 g/mol. The lowest BCUT2D eigenvalue weighted by Crippen LogP contribution is -2.23. The third kappa shape index (κ3) is 4.24. The Balaban J connectivity index is 1.78. The molecular formula is C25H19FNP. The summed E-state index contributed by atoms with van der Waals surface area (Å²) in [5, 5.41) is 3.85. The molecule has 1 nitrogen and oxygen atoms in total. The van der Waals surface area contributed by atoms with E-state index in [2.05, 4.69) is 71.7 Å². The average Bonchev–Trinajstić information content (AvgIpc) is 2.76. The number of benzene rings is 4. The van der Waals surface area contributed by atoms with E-state index in [1.165, 1.54) is 28.0 Å². The molecule has 4 aromatic carbocycles. The molecule has 0 aliphatic heterocycles. The molecule has 0 radical (unpaired) electrons. The second kappa shape index (κ2) is 8.73. The third-order valence-electron chi connectivity index (χ3n) is 4.39. The Labute approximate surface area is 166 Å². The summed E-state index contributed by atoms with van der Waals surface area (Å²) in [6.07, 6.45) is 1.88. The molecule has 0 bridgehead atoms. The van der Waals surface area contributed by atoms with Gasteiger partial charge in [-0.25, -0.2) is 4.39 Å². The van der Waals surface area contributed by atoms with E-state index >= 15 is 0 Å². The molecule has 0 amide bonds. The molecule has 136 valence electrons. The minimum absolute atomic E-state index is 0.254. The smallest absolute Gasteiger partial charge is 0.123 e. The molecule has 0 heterocycles. The number of halogens is 1. The van der Waals surface area contributed by atoms with Gasteiger partial charge >= 0.3 is 0 Å². The van der Waals surface area contributed by atoms with Crippen LogP contribution in [-0.4, -0.2) is 6.21 Å². The minimum Gasteiger partial charge on any atom is -0.256 e. The predicted molar refractivity (Wildman–Crippen MR) is 119 cm³/mol. The van der Waals surface area contributed by atoms with Gasteiger partial charge in [-0.05, 0) is 48.1 Å². The number of rotatable bonds is 5. The van der Waals surface area contributed by atoms with E-state index in [0.29, 0.717) is 0 Å². The minimum atomic E-state index is -0.704. The molecule has 0 unspecified atom stereocenters. The van der Waals surface area contributed by atoms with Crippen LogP contribution in [0, 0.1) is 5.82 Å². The molecule has 4 aromatic rings. The highest BCUT2D eigenvalue weighted by atomic mass is 31.1. The fraction of sp³-hybridized carbons (Fsp3) is 0. The van der Waals surface area contributed by atoms with Crippen LogP contribution < -0.4 is 15.9 Å². The van der Waals surface area contributed by atoms with Crippen molar-refractivity contribution in [2.45, 2.75) is 0 Å². The van der Waals surface area contributed by atoms with Crippen molar-refractivity contribution in [2.24, 2.45) is 4.99 Å². The van der Waals surface area contributed by atoms with Gasteiger partial charge in [0.1, 0.15) is 5.82 Å². The molecular weight excluding hydrogens is 364 g/mol. The second-order valence-corrected chi connectivity index (χ2v) is 8.49. The molecule has 3 heteroatoms. The third-order valence-corrected chi connectivity index (χ3v) is 6.90. The highest BCUT2D eigenvalue weighted by Gasteiger charge is 2.18. The largest absolute Gasteiger partial charge is 0.256 e. The number of aliphatic imine (C=N–C) groups is 1. The van der Waals surface area contributed by atoms with Crippen LogP contribution in [0.1, 0.15) is 5.56 Å². The Morgan fingerprint density at radius 1 is 0.607 bits per heavy atom. The van der Waals surface area contributed by atoms with Crippen molar-refractivity contribution < 1.29 is 4.39 Å². The first-order valence-electron chi connectivity index (χ1n) is 9.10. The van der Waals surface area contributed by atoms with Crippen molar-refractivity contribution in [1.29, 1.82) is 0 Å². The Hall–Kier alpha value is -3.09. The Morgan fingerprint density at radius 3 is 1.75 bits per heavy atom. The number of hydrogen-bond acceptors (Lipinski definition) is 1. The molecule has 0 saturated carbocycles. The summed E-state index contributed by atoms with van der Waals surface area (Å²) in [5.41, 5.74) is 1.81. The van der Waals surface area contributed by atoms with Crippen molar-refractivity contribution in [3.8, 4) is 0 Å². The monoisotopic (exact) mass is 383 g/mol. The zero-order chi connectivity index (χ0) is 19.2. The summed E-state index contributed by atoms with van der Waals surface area (Å²) in [7, 11) is -0.704. The van der Waals surface area contributed by atoms with E-state index < -0.39 is 7.92 Å². The summed E-state index contributed by atoms with van der Waals surface area (Å²) in [4.78, 5) is 4.57. The number of hydrogen-bond donors (Lipinski definition) is 0. The van der Waals surface area contributed by atoms with E-state index in [9.17, 15) is 4.39 Å². The van der Waals surface area contributed by atoms with Crippen LogP contribution in [0.4, 0.5) is 10.1 Å². The van der Waals surface area contributed by atoms with Crippen LogP contribution in [0.3, 0.4) is 0 Å². The molecule has 0 fully saturated rings. The summed E-state index contributed by atoms with van der Waals surface area (Å²) < 4.78 is 13.1. The molecule has 0 N–H and O–H groups in total. The Bertz CT molecular complexity index is 1020. The highest BCUT2D eigenvalue weighted by molar-refractivity contribution is 7.80. The van der Waals surface area contributed by atoms with E-state index in [1.54, 1.807) is 12.1 Å². The van der Waals surface area contributed by atoms with Gasteiger partial charge in [0.25, 0.3) is 0 Å². The molecule has 0 spiro atoms. The van der Waals surface area contributed by atoms with Gasteiger partial charge in [-0.2, -0.15) is 0 Å². The first-order valence-corrected chi connectivity index (χ1v) is 10.4. The van der Waals surface area contributed by atoms with Gasteiger partial charge in [-0.15, -0.1) is 0 Å². The number of nitrogens with zero attached hydrogens (tertiary/aromatic N) is 1. The van der Waals surface area contributed by atoms with Crippen LogP contribution in [-0.2, 0) is 0 Å². The highest BCUT2D eigenvalue weighted by Crippen LogP contribution is 2.33. The Kier molecular flexibility index (Phi) is 5.70. The van der Waals surface area contributed by atoms with Crippen LogP contribution in [0.2, 0.25) is 0 Å². The van der Waals surface area contributed by atoms with Gasteiger partial charge in [-0.3, -0.25) is 4.99 Å². The molecule has 0 aliphatic carbocycles. The normalized spacial score (nSPS) is 11.2. The van der Waals surface area contributed by atoms with Gasteiger partial charge < -0.3 is 0 Å². The van der Waals surface area contributed by atoms with E-state index in [4.69, 9.17) is 0 Å². The maximum atomic E-state index is 13.1. The zero-order valence-electron chi connectivity index (χ0n) is 15.2. The van der Waals surface area contributed by atoms with Gasteiger partial charge in [-0.1, -0.05) is 84.9 Å². The fourth-order valence-electron chi connectivity index (χ4n) is 3.05. The van der Waals surface area contributed by atoms with E-state index in [-0.39, 0.29) is 5.82 Å². The lowest BCUT2D eigenvalue weighted by atomic mass is 10.2. The van der Waals surface area contributed by atoms with Gasteiger partial charge in [0.15, 0.2) is 0 Å². The van der Waals surface area contributed by atoms with Crippen LogP contribution in [0.15, 0.2) is 114 Å². The van der Waals surface area contributed by atoms with Gasteiger partial charge in [0.2, 0.25) is 0 Å². The molecule has 4 rings (SSSR count). The maximum absolute atomic E-state index is 13.1. The van der Waals surface area contributed by atoms with Crippen LogP contribution in [0.5, 0.6) is 0 Å². The van der Waals surface area contributed by atoms with E-state index in [1.807, 2.05) is 24.4 Å². The van der Waals surface area contributed by atoms with Crippen molar-refractivity contribution in [3.05, 3.63) is 121 Å². The SMILES string of the molecule is Fc1ccc(N=Cc2ccccc2P(c2ccccc2)c2ccccc2)cc1. The topological polar surface area (TPSA) is 12.4 Å². The molecule has 0 atom stereocenters. The second-order valence-electron chi connectivity index (χ2n) is 6.30.